The summed E-state index contributed by atoms with van der Waals surface area (Å²) in [7, 11) is -1.09. The second-order valence-electron chi connectivity index (χ2n) is 3.77. The summed E-state index contributed by atoms with van der Waals surface area (Å²) in [5.74, 6) is 0.209. The van der Waals surface area contributed by atoms with Gasteiger partial charge in [0.05, 0.1) is 10.8 Å². The van der Waals surface area contributed by atoms with Crippen LogP contribution < -0.4 is 5.73 Å². The average Bonchev–Trinajstić information content (AvgIpc) is 2.22. The lowest BCUT2D eigenvalue weighted by atomic mass is 10.2. The van der Waals surface area contributed by atoms with Crippen LogP contribution in [0.1, 0.15) is 18.9 Å². The molecular weight excluding hydrogens is 249 g/mol. The van der Waals surface area contributed by atoms with Gasteiger partial charge >= 0.3 is 0 Å². The molecule has 0 bridgehead atoms. The molecule has 0 aliphatic heterocycles. The number of hydrogen-bond donors (Lipinski definition) is 1. The predicted molar refractivity (Wildman–Crippen MR) is 66.4 cm³/mol. The zero-order chi connectivity index (χ0) is 12.1. The van der Waals surface area contributed by atoms with E-state index in [4.69, 9.17) is 17.3 Å². The van der Waals surface area contributed by atoms with Crippen LogP contribution in [0.5, 0.6) is 0 Å². The van der Waals surface area contributed by atoms with Gasteiger partial charge in [0.1, 0.15) is 5.82 Å². The maximum absolute atomic E-state index is 13.5. The molecule has 1 aromatic rings. The van der Waals surface area contributed by atoms with Gasteiger partial charge in [0.2, 0.25) is 0 Å². The third-order valence-corrected chi connectivity index (χ3v) is 3.76. The summed E-state index contributed by atoms with van der Waals surface area (Å²) in [6.07, 6.45) is 0.675. The summed E-state index contributed by atoms with van der Waals surface area (Å²) >= 11 is 5.63. The SMILES string of the molecule is CC(N)CCS(=O)Cc1cccc(Cl)c1F. The van der Waals surface area contributed by atoms with Crippen molar-refractivity contribution in [2.75, 3.05) is 5.75 Å². The van der Waals surface area contributed by atoms with Gasteiger partial charge in [0.15, 0.2) is 0 Å². The van der Waals surface area contributed by atoms with E-state index >= 15 is 0 Å². The van der Waals surface area contributed by atoms with Crippen molar-refractivity contribution in [2.45, 2.75) is 25.1 Å². The summed E-state index contributed by atoms with van der Waals surface area (Å²) in [6.45, 7) is 1.86. The largest absolute Gasteiger partial charge is 0.328 e. The van der Waals surface area contributed by atoms with Gasteiger partial charge in [-0.05, 0) is 19.4 Å². The fourth-order valence-corrected chi connectivity index (χ4v) is 2.77. The van der Waals surface area contributed by atoms with Gasteiger partial charge < -0.3 is 5.73 Å². The highest BCUT2D eigenvalue weighted by Crippen LogP contribution is 2.19. The lowest BCUT2D eigenvalue weighted by molar-refractivity contribution is 0.615. The van der Waals surface area contributed by atoms with Crippen molar-refractivity contribution in [3.63, 3.8) is 0 Å². The van der Waals surface area contributed by atoms with Crippen molar-refractivity contribution in [2.24, 2.45) is 5.73 Å². The van der Waals surface area contributed by atoms with Crippen molar-refractivity contribution in [1.82, 2.24) is 0 Å². The molecular formula is C11H15ClFNOS. The molecule has 2 atom stereocenters. The van der Waals surface area contributed by atoms with E-state index in [2.05, 4.69) is 0 Å². The van der Waals surface area contributed by atoms with Crippen molar-refractivity contribution in [3.8, 4) is 0 Å². The van der Waals surface area contributed by atoms with Gasteiger partial charge in [-0.2, -0.15) is 0 Å². The molecule has 0 saturated heterocycles. The Labute approximate surface area is 102 Å². The van der Waals surface area contributed by atoms with E-state index in [0.29, 0.717) is 17.7 Å². The van der Waals surface area contributed by atoms with Gasteiger partial charge in [0, 0.05) is 28.2 Å². The van der Waals surface area contributed by atoms with E-state index in [1.54, 1.807) is 12.1 Å². The summed E-state index contributed by atoms with van der Waals surface area (Å²) in [4.78, 5) is 0. The van der Waals surface area contributed by atoms with E-state index in [1.165, 1.54) is 6.07 Å². The minimum Gasteiger partial charge on any atom is -0.328 e. The highest BCUT2D eigenvalue weighted by atomic mass is 35.5. The van der Waals surface area contributed by atoms with Gasteiger partial charge in [-0.3, -0.25) is 4.21 Å². The molecule has 0 amide bonds. The second kappa shape index (κ2) is 6.33. The molecule has 1 rings (SSSR count). The third kappa shape index (κ3) is 4.20. The van der Waals surface area contributed by atoms with Crippen LogP contribution >= 0.6 is 11.6 Å². The Balaban J connectivity index is 2.59. The molecule has 90 valence electrons. The minimum absolute atomic E-state index is 0.0214. The number of rotatable bonds is 5. The Bertz CT molecular complexity index is 384. The zero-order valence-corrected chi connectivity index (χ0v) is 10.7. The first-order chi connectivity index (χ1) is 7.50. The summed E-state index contributed by atoms with van der Waals surface area (Å²) in [5.41, 5.74) is 5.96. The lowest BCUT2D eigenvalue weighted by Crippen LogP contribution is -2.18. The quantitative estimate of drug-likeness (QED) is 0.887. The van der Waals surface area contributed by atoms with Crippen LogP contribution in [-0.2, 0) is 16.6 Å². The molecule has 0 aromatic heterocycles. The third-order valence-electron chi connectivity index (χ3n) is 2.15. The molecule has 2 unspecified atom stereocenters. The first kappa shape index (κ1) is 13.6. The first-order valence-electron chi connectivity index (χ1n) is 5.04. The molecule has 0 fully saturated rings. The molecule has 16 heavy (non-hydrogen) atoms. The first-order valence-corrected chi connectivity index (χ1v) is 6.90. The van der Waals surface area contributed by atoms with Crippen molar-refractivity contribution < 1.29 is 8.60 Å². The average molecular weight is 264 g/mol. The van der Waals surface area contributed by atoms with E-state index in [0.717, 1.165) is 0 Å². The van der Waals surface area contributed by atoms with Crippen LogP contribution in [0.25, 0.3) is 0 Å². The standard InChI is InChI=1S/C11H15ClFNOS/c1-8(14)5-6-16(15)7-9-3-2-4-10(12)11(9)13/h2-4,8H,5-7,14H2,1H3. The lowest BCUT2D eigenvalue weighted by Gasteiger charge is -2.06. The molecule has 0 radical (unpaired) electrons. The number of hydrogen-bond acceptors (Lipinski definition) is 2. The number of halogens is 2. The van der Waals surface area contributed by atoms with E-state index in [-0.39, 0.29) is 16.8 Å². The van der Waals surface area contributed by atoms with Gasteiger partial charge in [-0.15, -0.1) is 0 Å². The van der Waals surface area contributed by atoms with Gasteiger partial charge in [0.25, 0.3) is 0 Å². The molecule has 0 saturated carbocycles. The Morgan fingerprint density at radius 1 is 1.56 bits per heavy atom. The highest BCUT2D eigenvalue weighted by molar-refractivity contribution is 7.84. The number of nitrogens with two attached hydrogens (primary N) is 1. The molecule has 2 nitrogen and oxygen atoms in total. The van der Waals surface area contributed by atoms with Crippen LogP contribution in [0.2, 0.25) is 5.02 Å². The predicted octanol–water partition coefficient (Wildman–Crippen LogP) is 2.47. The highest BCUT2D eigenvalue weighted by Gasteiger charge is 2.10. The maximum atomic E-state index is 13.5. The van der Waals surface area contributed by atoms with Gasteiger partial charge in [-0.25, -0.2) is 4.39 Å². The molecule has 0 spiro atoms. The van der Waals surface area contributed by atoms with Crippen molar-refractivity contribution in [3.05, 3.63) is 34.6 Å². The monoisotopic (exact) mass is 263 g/mol. The topological polar surface area (TPSA) is 43.1 Å². The van der Waals surface area contributed by atoms with Crippen LogP contribution in [0.4, 0.5) is 4.39 Å². The number of benzene rings is 1. The van der Waals surface area contributed by atoms with E-state index in [9.17, 15) is 8.60 Å². The molecule has 0 aliphatic rings. The normalized spacial score (nSPS) is 14.8. The van der Waals surface area contributed by atoms with E-state index < -0.39 is 16.6 Å². The molecule has 5 heteroatoms. The van der Waals surface area contributed by atoms with Crippen LogP contribution in [0, 0.1) is 5.82 Å². The minimum atomic E-state index is -1.09. The molecule has 0 aliphatic carbocycles. The van der Waals surface area contributed by atoms with Crippen LogP contribution in [0.3, 0.4) is 0 Å². The summed E-state index contributed by atoms with van der Waals surface area (Å²) in [5, 5.41) is 0.0710. The van der Waals surface area contributed by atoms with Crippen molar-refractivity contribution in [1.29, 1.82) is 0 Å². The Morgan fingerprint density at radius 3 is 2.88 bits per heavy atom. The second-order valence-corrected chi connectivity index (χ2v) is 5.75. The fourth-order valence-electron chi connectivity index (χ4n) is 1.22. The fraction of sp³-hybridized carbons (Fsp3) is 0.455. The Hall–Kier alpha value is -0.450. The Morgan fingerprint density at radius 2 is 2.25 bits per heavy atom. The molecule has 1 aromatic carbocycles. The van der Waals surface area contributed by atoms with Gasteiger partial charge in [-0.1, -0.05) is 23.7 Å². The maximum Gasteiger partial charge on any atom is 0.145 e. The molecule has 0 heterocycles. The van der Waals surface area contributed by atoms with E-state index in [1.807, 2.05) is 6.92 Å². The molecule has 2 N–H and O–H groups in total. The Kier molecular flexibility index (Phi) is 5.38. The van der Waals surface area contributed by atoms with Crippen LogP contribution in [-0.4, -0.2) is 16.0 Å². The smallest absolute Gasteiger partial charge is 0.145 e. The zero-order valence-electron chi connectivity index (χ0n) is 9.08. The van der Waals surface area contributed by atoms with Crippen molar-refractivity contribution >= 4 is 22.4 Å². The van der Waals surface area contributed by atoms with Crippen LogP contribution in [0.15, 0.2) is 18.2 Å². The summed E-state index contributed by atoms with van der Waals surface area (Å²) < 4.78 is 25.1. The summed E-state index contributed by atoms with van der Waals surface area (Å²) in [6, 6.07) is 4.76.